The van der Waals surface area contributed by atoms with E-state index in [2.05, 4.69) is 22.3 Å². The Morgan fingerprint density at radius 1 is 1.42 bits per heavy atom. The fourth-order valence-corrected chi connectivity index (χ4v) is 3.91. The normalized spacial score (nSPS) is 21.0. The summed E-state index contributed by atoms with van der Waals surface area (Å²) in [6, 6.07) is 4.34. The van der Waals surface area contributed by atoms with Crippen LogP contribution >= 0.6 is 0 Å². The third-order valence-corrected chi connectivity index (χ3v) is 5.51. The van der Waals surface area contributed by atoms with Crippen molar-refractivity contribution in [2.75, 3.05) is 31.5 Å². The van der Waals surface area contributed by atoms with Gasteiger partial charge in [-0.3, -0.25) is 9.59 Å². The Bertz CT molecular complexity index is 650. The largest absolute Gasteiger partial charge is 0.481 e. The molecule has 0 saturated carbocycles. The number of fused-ring (bicyclic) bond motifs is 1. The monoisotopic (exact) mass is 360 g/mol. The van der Waals surface area contributed by atoms with Crippen LogP contribution in [0.1, 0.15) is 36.9 Å². The predicted molar refractivity (Wildman–Crippen MR) is 98.9 cm³/mol. The summed E-state index contributed by atoms with van der Waals surface area (Å²) in [5.74, 6) is -1.31. The molecule has 2 atom stereocenters. The molecule has 0 radical (unpaired) electrons. The maximum atomic E-state index is 11.2. The number of pyridine rings is 1. The van der Waals surface area contributed by atoms with Gasteiger partial charge in [0, 0.05) is 18.8 Å². The third kappa shape index (κ3) is 4.72. The van der Waals surface area contributed by atoms with Gasteiger partial charge in [0.25, 0.3) is 0 Å². The standard InChI is InChI=1S/C19H28N4O3/c20-17(24)16(19(25)26)8-11-23-10-7-13(12-23)3-5-15-6-4-14-2-1-9-21-18(14)22-15/h4,6,13,16H,1-3,5,7-12H2,(H2,20,24)(H,21,22)(H,25,26). The van der Waals surface area contributed by atoms with Crippen molar-refractivity contribution in [2.45, 2.75) is 38.5 Å². The van der Waals surface area contributed by atoms with Gasteiger partial charge in [-0.25, -0.2) is 4.98 Å². The van der Waals surface area contributed by atoms with Gasteiger partial charge in [0.1, 0.15) is 11.7 Å². The number of primary amides is 1. The Balaban J connectivity index is 1.43. The van der Waals surface area contributed by atoms with Crippen molar-refractivity contribution < 1.29 is 14.7 Å². The smallest absolute Gasteiger partial charge is 0.316 e. The number of aryl methyl sites for hydroxylation is 2. The minimum atomic E-state index is -1.12. The van der Waals surface area contributed by atoms with Crippen molar-refractivity contribution >= 4 is 17.7 Å². The van der Waals surface area contributed by atoms with Crippen LogP contribution in [-0.2, 0) is 22.4 Å². The molecule has 7 heteroatoms. The summed E-state index contributed by atoms with van der Waals surface area (Å²) in [6.45, 7) is 3.52. The number of aliphatic carboxylic acids is 1. The van der Waals surface area contributed by atoms with Gasteiger partial charge in [0.05, 0.1) is 0 Å². The number of carboxylic acids is 1. The summed E-state index contributed by atoms with van der Waals surface area (Å²) >= 11 is 0. The van der Waals surface area contributed by atoms with E-state index in [9.17, 15) is 9.59 Å². The second-order valence-electron chi connectivity index (χ2n) is 7.42. The second kappa shape index (κ2) is 8.49. The van der Waals surface area contributed by atoms with Crippen LogP contribution in [-0.4, -0.2) is 53.0 Å². The molecule has 7 nitrogen and oxygen atoms in total. The quantitative estimate of drug-likeness (QED) is 0.603. The first-order valence-corrected chi connectivity index (χ1v) is 9.50. The van der Waals surface area contributed by atoms with Crippen LogP contribution < -0.4 is 11.1 Å². The maximum absolute atomic E-state index is 11.2. The molecular weight excluding hydrogens is 332 g/mol. The lowest BCUT2D eigenvalue weighted by molar-refractivity contribution is -0.146. The lowest BCUT2D eigenvalue weighted by atomic mass is 10.00. The zero-order valence-corrected chi connectivity index (χ0v) is 15.1. The molecule has 26 heavy (non-hydrogen) atoms. The Morgan fingerprint density at radius 2 is 2.27 bits per heavy atom. The Labute approximate surface area is 154 Å². The molecule has 1 fully saturated rings. The Morgan fingerprint density at radius 3 is 3.04 bits per heavy atom. The third-order valence-electron chi connectivity index (χ3n) is 5.51. The minimum Gasteiger partial charge on any atom is -0.481 e. The molecule has 4 N–H and O–H groups in total. The van der Waals surface area contributed by atoms with Gasteiger partial charge < -0.3 is 21.1 Å². The number of nitrogens with two attached hydrogens (primary N) is 1. The van der Waals surface area contributed by atoms with Crippen molar-refractivity contribution in [3.05, 3.63) is 23.4 Å². The van der Waals surface area contributed by atoms with E-state index in [1.54, 1.807) is 0 Å². The average Bonchev–Trinajstić information content (AvgIpc) is 3.07. The highest BCUT2D eigenvalue weighted by Crippen LogP contribution is 2.24. The van der Waals surface area contributed by atoms with Gasteiger partial charge in [0.2, 0.25) is 5.91 Å². The van der Waals surface area contributed by atoms with E-state index in [0.29, 0.717) is 12.5 Å². The van der Waals surface area contributed by atoms with Crippen LogP contribution in [0.5, 0.6) is 0 Å². The number of carboxylic acid groups (broad SMARTS) is 1. The van der Waals surface area contributed by atoms with E-state index in [4.69, 9.17) is 15.8 Å². The topological polar surface area (TPSA) is 109 Å². The number of rotatable bonds is 8. The van der Waals surface area contributed by atoms with Gasteiger partial charge in [0.15, 0.2) is 0 Å². The van der Waals surface area contributed by atoms with Gasteiger partial charge in [-0.05, 0) is 69.2 Å². The van der Waals surface area contributed by atoms with Crippen molar-refractivity contribution in [2.24, 2.45) is 17.6 Å². The highest BCUT2D eigenvalue weighted by atomic mass is 16.4. The molecular formula is C19H28N4O3. The fraction of sp³-hybridized carbons (Fsp3) is 0.632. The van der Waals surface area contributed by atoms with E-state index in [1.807, 2.05) is 0 Å². The van der Waals surface area contributed by atoms with E-state index in [-0.39, 0.29) is 6.42 Å². The fourth-order valence-electron chi connectivity index (χ4n) is 3.91. The van der Waals surface area contributed by atoms with Crippen molar-refractivity contribution in [3.8, 4) is 0 Å². The number of carbonyl (C=O) groups is 2. The average molecular weight is 360 g/mol. The second-order valence-corrected chi connectivity index (χ2v) is 7.42. The number of likely N-dealkylation sites (tertiary alicyclic amines) is 1. The Kier molecular flexibility index (Phi) is 6.08. The lowest BCUT2D eigenvalue weighted by Crippen LogP contribution is -2.34. The molecule has 1 aromatic rings. The first-order valence-electron chi connectivity index (χ1n) is 9.50. The van der Waals surface area contributed by atoms with Crippen LogP contribution in [0, 0.1) is 11.8 Å². The highest BCUT2D eigenvalue weighted by molar-refractivity contribution is 5.95. The summed E-state index contributed by atoms with van der Waals surface area (Å²) < 4.78 is 0. The van der Waals surface area contributed by atoms with Crippen molar-refractivity contribution in [1.29, 1.82) is 0 Å². The molecule has 0 spiro atoms. The number of hydrogen-bond acceptors (Lipinski definition) is 5. The zero-order chi connectivity index (χ0) is 18.5. The SMILES string of the molecule is NC(=O)C(CCN1CCC(CCc2ccc3c(n2)NCCC3)C1)C(=O)O. The number of aromatic nitrogens is 1. The molecule has 2 aliphatic rings. The number of nitrogens with zero attached hydrogens (tertiary/aromatic N) is 2. The summed E-state index contributed by atoms with van der Waals surface area (Å²) in [4.78, 5) is 29.2. The molecule has 142 valence electrons. The number of amides is 1. The van der Waals surface area contributed by atoms with Crippen LogP contribution in [0.3, 0.4) is 0 Å². The van der Waals surface area contributed by atoms with Crippen LogP contribution in [0.2, 0.25) is 0 Å². The molecule has 1 amide bonds. The van der Waals surface area contributed by atoms with Gasteiger partial charge >= 0.3 is 5.97 Å². The van der Waals surface area contributed by atoms with Crippen molar-refractivity contribution in [1.82, 2.24) is 9.88 Å². The molecule has 2 aliphatic heterocycles. The first-order chi connectivity index (χ1) is 12.5. The maximum Gasteiger partial charge on any atom is 0.316 e. The van der Waals surface area contributed by atoms with Crippen LogP contribution in [0.25, 0.3) is 0 Å². The number of hydrogen-bond donors (Lipinski definition) is 3. The Hall–Kier alpha value is -2.15. The molecule has 3 rings (SSSR count). The lowest BCUT2D eigenvalue weighted by Gasteiger charge is -2.19. The van der Waals surface area contributed by atoms with E-state index in [0.717, 1.165) is 56.8 Å². The van der Waals surface area contributed by atoms with Crippen molar-refractivity contribution in [3.63, 3.8) is 0 Å². The van der Waals surface area contributed by atoms with Gasteiger partial charge in [-0.1, -0.05) is 6.07 Å². The summed E-state index contributed by atoms with van der Waals surface area (Å²) in [5.41, 5.74) is 7.61. The number of anilines is 1. The predicted octanol–water partition coefficient (Wildman–Crippen LogP) is 1.27. The summed E-state index contributed by atoms with van der Waals surface area (Å²) in [6.07, 6.45) is 5.72. The van der Waals surface area contributed by atoms with E-state index >= 15 is 0 Å². The molecule has 3 heterocycles. The van der Waals surface area contributed by atoms with Crippen LogP contribution in [0.15, 0.2) is 12.1 Å². The zero-order valence-electron chi connectivity index (χ0n) is 15.1. The van der Waals surface area contributed by atoms with Gasteiger partial charge in [-0.2, -0.15) is 0 Å². The minimum absolute atomic E-state index is 0.287. The van der Waals surface area contributed by atoms with E-state index < -0.39 is 17.8 Å². The molecule has 2 unspecified atom stereocenters. The molecule has 1 aromatic heterocycles. The van der Waals surface area contributed by atoms with Gasteiger partial charge in [-0.15, -0.1) is 0 Å². The molecule has 0 bridgehead atoms. The highest BCUT2D eigenvalue weighted by Gasteiger charge is 2.27. The number of carbonyl (C=O) groups excluding carboxylic acids is 1. The first kappa shape index (κ1) is 18.6. The molecule has 0 aromatic carbocycles. The van der Waals surface area contributed by atoms with E-state index in [1.165, 1.54) is 12.0 Å². The molecule has 1 saturated heterocycles. The summed E-state index contributed by atoms with van der Waals surface area (Å²) in [5, 5.41) is 12.4. The van der Waals surface area contributed by atoms with Crippen LogP contribution in [0.4, 0.5) is 5.82 Å². The summed E-state index contributed by atoms with van der Waals surface area (Å²) in [7, 11) is 0. The molecule has 0 aliphatic carbocycles. The number of nitrogens with one attached hydrogen (secondary N) is 1.